The first-order chi connectivity index (χ1) is 10.6. The fraction of sp³-hybridized carbons (Fsp3) is 0.353. The summed E-state index contributed by atoms with van der Waals surface area (Å²) in [6.07, 6.45) is 2.27. The summed E-state index contributed by atoms with van der Waals surface area (Å²) in [6.45, 7) is 0. The molecule has 0 N–H and O–H groups in total. The zero-order valence-corrected chi connectivity index (χ0v) is 13.3. The summed E-state index contributed by atoms with van der Waals surface area (Å²) in [5, 5.41) is 0. The van der Waals surface area contributed by atoms with Gasteiger partial charge in [0.25, 0.3) is 0 Å². The molecule has 1 aromatic carbocycles. The fourth-order valence-electron chi connectivity index (χ4n) is 3.79. The zero-order chi connectivity index (χ0) is 15.4. The van der Waals surface area contributed by atoms with Crippen molar-refractivity contribution in [2.45, 2.75) is 31.6 Å². The second-order valence-corrected chi connectivity index (χ2v) is 6.84. The van der Waals surface area contributed by atoms with Gasteiger partial charge in [-0.1, -0.05) is 6.07 Å². The van der Waals surface area contributed by atoms with Gasteiger partial charge >= 0.3 is 0 Å². The first-order valence-electron chi connectivity index (χ1n) is 7.37. The lowest BCUT2D eigenvalue weighted by Gasteiger charge is -2.28. The number of carbonyl (C=O) groups is 2. The minimum Gasteiger partial charge on any atom is -0.299 e. The zero-order valence-electron chi connectivity index (χ0n) is 11.7. The van der Waals surface area contributed by atoms with Gasteiger partial charge in [-0.2, -0.15) is 0 Å². The smallest absolute Gasteiger partial charge is 0.161 e. The van der Waals surface area contributed by atoms with Crippen LogP contribution in [0.1, 0.15) is 37.2 Å². The largest absolute Gasteiger partial charge is 0.299 e. The monoisotopic (exact) mass is 361 g/mol. The van der Waals surface area contributed by atoms with E-state index in [1.165, 1.54) is 6.07 Å². The van der Waals surface area contributed by atoms with Crippen LogP contribution in [0.15, 0.2) is 38.9 Å². The van der Waals surface area contributed by atoms with Crippen LogP contribution in [-0.2, 0) is 9.59 Å². The van der Waals surface area contributed by atoms with Crippen LogP contribution in [0.25, 0.3) is 0 Å². The van der Waals surface area contributed by atoms with Crippen LogP contribution < -0.4 is 0 Å². The lowest BCUT2D eigenvalue weighted by atomic mass is 9.76. The number of Topliss-reactive ketones (excluding diaryl/α,β-unsaturated/α-hetero) is 2. The highest BCUT2D eigenvalue weighted by molar-refractivity contribution is 9.10. The molecular weight excluding hydrogens is 349 g/mol. The van der Waals surface area contributed by atoms with Crippen molar-refractivity contribution in [3.05, 3.63) is 45.3 Å². The Balaban J connectivity index is 1.90. The van der Waals surface area contributed by atoms with Gasteiger partial charge < -0.3 is 0 Å². The van der Waals surface area contributed by atoms with Crippen molar-refractivity contribution in [3.8, 4) is 0 Å². The molecule has 22 heavy (non-hydrogen) atoms. The third kappa shape index (κ3) is 1.95. The number of fused-ring (bicyclic) bond motifs is 1. The van der Waals surface area contributed by atoms with Crippen molar-refractivity contribution in [1.29, 1.82) is 0 Å². The Labute approximate surface area is 135 Å². The van der Waals surface area contributed by atoms with Gasteiger partial charge in [0.05, 0.1) is 10.4 Å². The third-order valence-corrected chi connectivity index (χ3v) is 5.37. The second kappa shape index (κ2) is 4.95. The van der Waals surface area contributed by atoms with E-state index in [1.807, 2.05) is 0 Å². The molecule has 0 radical (unpaired) electrons. The summed E-state index contributed by atoms with van der Waals surface area (Å²) in [5.41, 5.74) is 3.20. The maximum absolute atomic E-state index is 13.5. The van der Waals surface area contributed by atoms with Gasteiger partial charge in [0.15, 0.2) is 5.78 Å². The number of benzene rings is 1. The van der Waals surface area contributed by atoms with Crippen LogP contribution in [0.5, 0.6) is 0 Å². The fourth-order valence-corrected chi connectivity index (χ4v) is 4.18. The minimum absolute atomic E-state index is 0.0722. The predicted octanol–water partition coefficient (Wildman–Crippen LogP) is 3.72. The van der Waals surface area contributed by atoms with E-state index in [-0.39, 0.29) is 29.2 Å². The third-order valence-electron chi connectivity index (χ3n) is 4.76. The molecule has 2 aliphatic carbocycles. The Bertz CT molecular complexity index is 781. The average molecular weight is 362 g/mol. The lowest BCUT2D eigenvalue weighted by Crippen LogP contribution is -2.29. The standard InChI is InChI=1S/C17H13BrFNO2/c18-9-7-8(1-2-10(9)19)15-16-11(3-5-13(16)21)20-12-4-6-14(22)17(12)15/h1-2,7,15-16H,3-6H2. The van der Waals surface area contributed by atoms with Crippen molar-refractivity contribution in [1.82, 2.24) is 0 Å². The van der Waals surface area contributed by atoms with E-state index in [0.29, 0.717) is 35.7 Å². The lowest BCUT2D eigenvalue weighted by molar-refractivity contribution is -0.120. The van der Waals surface area contributed by atoms with Gasteiger partial charge in [0.2, 0.25) is 0 Å². The van der Waals surface area contributed by atoms with Gasteiger partial charge in [-0.3, -0.25) is 14.6 Å². The molecule has 1 heterocycles. The van der Waals surface area contributed by atoms with Crippen molar-refractivity contribution in [2.24, 2.45) is 10.9 Å². The van der Waals surface area contributed by atoms with E-state index in [0.717, 1.165) is 17.0 Å². The molecule has 1 aromatic rings. The number of aliphatic imine (C=N–C) groups is 1. The molecule has 1 saturated carbocycles. The molecule has 0 spiro atoms. The summed E-state index contributed by atoms with van der Waals surface area (Å²) in [6, 6.07) is 4.74. The maximum atomic E-state index is 13.5. The quantitative estimate of drug-likeness (QED) is 0.765. The van der Waals surface area contributed by atoms with Crippen LogP contribution in [-0.4, -0.2) is 17.3 Å². The van der Waals surface area contributed by atoms with E-state index < -0.39 is 0 Å². The Morgan fingerprint density at radius 2 is 1.91 bits per heavy atom. The maximum Gasteiger partial charge on any atom is 0.161 e. The van der Waals surface area contributed by atoms with Gasteiger partial charge in [-0.05, 0) is 46.5 Å². The molecule has 0 bridgehead atoms. The summed E-state index contributed by atoms with van der Waals surface area (Å²) in [7, 11) is 0. The number of hydrogen-bond donors (Lipinski definition) is 0. The molecule has 3 aliphatic rings. The van der Waals surface area contributed by atoms with Crippen molar-refractivity contribution in [3.63, 3.8) is 0 Å². The van der Waals surface area contributed by atoms with Gasteiger partial charge in [0, 0.05) is 35.7 Å². The predicted molar refractivity (Wildman–Crippen MR) is 83.3 cm³/mol. The molecule has 1 aliphatic heterocycles. The molecule has 3 nitrogen and oxygen atoms in total. The van der Waals surface area contributed by atoms with Crippen molar-refractivity contribution >= 4 is 33.2 Å². The Hall–Kier alpha value is -1.62. The van der Waals surface area contributed by atoms with E-state index in [9.17, 15) is 14.0 Å². The van der Waals surface area contributed by atoms with E-state index in [2.05, 4.69) is 20.9 Å². The SMILES string of the molecule is O=C1CCC2=C1C(c1ccc(F)c(Br)c1)C1C(=O)CCC1=N2. The van der Waals surface area contributed by atoms with Crippen molar-refractivity contribution < 1.29 is 14.0 Å². The number of rotatable bonds is 1. The molecular formula is C17H13BrFNO2. The normalized spacial score (nSPS) is 27.1. The first kappa shape index (κ1) is 14.0. The van der Waals surface area contributed by atoms with E-state index in [1.54, 1.807) is 12.1 Å². The molecule has 4 rings (SSSR count). The Kier molecular flexibility index (Phi) is 3.15. The van der Waals surface area contributed by atoms with Crippen LogP contribution in [0.4, 0.5) is 4.39 Å². The first-order valence-corrected chi connectivity index (χ1v) is 8.17. The Morgan fingerprint density at radius 1 is 1.09 bits per heavy atom. The molecule has 2 unspecified atom stereocenters. The minimum atomic E-state index is -0.349. The van der Waals surface area contributed by atoms with Crippen LogP contribution >= 0.6 is 15.9 Å². The highest BCUT2D eigenvalue weighted by Gasteiger charge is 2.46. The van der Waals surface area contributed by atoms with Crippen LogP contribution in [0.2, 0.25) is 0 Å². The van der Waals surface area contributed by atoms with Gasteiger partial charge in [-0.15, -0.1) is 0 Å². The number of carbonyl (C=O) groups excluding carboxylic acids is 2. The molecule has 0 saturated heterocycles. The topological polar surface area (TPSA) is 46.5 Å². The average Bonchev–Trinajstić information content (AvgIpc) is 3.05. The van der Waals surface area contributed by atoms with Crippen molar-refractivity contribution in [2.75, 3.05) is 0 Å². The number of halogens is 2. The highest BCUT2D eigenvalue weighted by Crippen LogP contribution is 2.47. The molecule has 1 fully saturated rings. The summed E-state index contributed by atoms with van der Waals surface area (Å²) < 4.78 is 13.9. The van der Waals surface area contributed by atoms with E-state index >= 15 is 0 Å². The number of nitrogens with zero attached hydrogens (tertiary/aromatic N) is 1. The second-order valence-electron chi connectivity index (χ2n) is 5.98. The molecule has 0 amide bonds. The highest BCUT2D eigenvalue weighted by atomic mass is 79.9. The van der Waals surface area contributed by atoms with E-state index in [4.69, 9.17) is 0 Å². The summed E-state index contributed by atoms with van der Waals surface area (Å²) >= 11 is 3.20. The Morgan fingerprint density at radius 3 is 2.68 bits per heavy atom. The van der Waals surface area contributed by atoms with Crippen LogP contribution in [0.3, 0.4) is 0 Å². The molecule has 0 aromatic heterocycles. The number of hydrogen-bond acceptors (Lipinski definition) is 3. The summed E-state index contributed by atoms with van der Waals surface area (Å²) in [4.78, 5) is 29.2. The number of allylic oxidation sites excluding steroid dienone is 2. The molecule has 5 heteroatoms. The van der Waals surface area contributed by atoms with Crippen LogP contribution in [0, 0.1) is 11.7 Å². The van der Waals surface area contributed by atoms with Gasteiger partial charge in [0.1, 0.15) is 11.6 Å². The number of ketones is 2. The molecule has 2 atom stereocenters. The molecule has 112 valence electrons. The summed E-state index contributed by atoms with van der Waals surface area (Å²) in [5.74, 6) is -0.792. The van der Waals surface area contributed by atoms with Gasteiger partial charge in [-0.25, -0.2) is 4.39 Å².